The predicted molar refractivity (Wildman–Crippen MR) is 76.3 cm³/mol. The second kappa shape index (κ2) is 6.19. The van der Waals surface area contributed by atoms with E-state index in [1.165, 1.54) is 30.4 Å². The first-order valence-electron chi connectivity index (χ1n) is 6.97. The Morgan fingerprint density at radius 2 is 2.00 bits per heavy atom. The van der Waals surface area contributed by atoms with Crippen LogP contribution >= 0.6 is 0 Å². The molecule has 1 saturated carbocycles. The van der Waals surface area contributed by atoms with Gasteiger partial charge in [-0.1, -0.05) is 49.4 Å². The number of hydrogen-bond acceptors (Lipinski definition) is 1. The molecule has 0 bridgehead atoms. The lowest BCUT2D eigenvalue weighted by atomic mass is 9.77. The minimum Gasteiger partial charge on any atom is -0.373 e. The van der Waals surface area contributed by atoms with Gasteiger partial charge < -0.3 is 4.74 Å². The normalized spacial score (nSPS) is 28.0. The summed E-state index contributed by atoms with van der Waals surface area (Å²) in [6, 6.07) is 10.4. The van der Waals surface area contributed by atoms with Gasteiger partial charge in [0, 0.05) is 5.92 Å². The smallest absolute Gasteiger partial charge is 0.0720 e. The van der Waals surface area contributed by atoms with E-state index in [2.05, 4.69) is 44.7 Å². The number of rotatable bonds is 4. The standard InChI is InChI=1S/C17H24O/c1-13(2)16-10-9-14(3)11-17(16)18-12-15-7-5-4-6-8-15/h4-8,14,16-17H,1,9-12H2,2-3H3/t14-,16-,17-/m1/s1. The summed E-state index contributed by atoms with van der Waals surface area (Å²) in [7, 11) is 0. The van der Waals surface area contributed by atoms with E-state index in [0.717, 1.165) is 12.5 Å². The average molecular weight is 244 g/mol. The zero-order valence-corrected chi connectivity index (χ0v) is 11.6. The molecule has 1 aliphatic carbocycles. The highest BCUT2D eigenvalue weighted by atomic mass is 16.5. The molecule has 0 spiro atoms. The van der Waals surface area contributed by atoms with Gasteiger partial charge in [-0.05, 0) is 37.7 Å². The van der Waals surface area contributed by atoms with Crippen molar-refractivity contribution in [2.75, 3.05) is 0 Å². The van der Waals surface area contributed by atoms with Crippen molar-refractivity contribution in [3.05, 3.63) is 48.0 Å². The zero-order chi connectivity index (χ0) is 13.0. The molecule has 1 nitrogen and oxygen atoms in total. The van der Waals surface area contributed by atoms with Crippen LogP contribution in [0.1, 0.15) is 38.7 Å². The molecule has 18 heavy (non-hydrogen) atoms. The first-order chi connectivity index (χ1) is 8.66. The van der Waals surface area contributed by atoms with Crippen molar-refractivity contribution in [3.63, 3.8) is 0 Å². The van der Waals surface area contributed by atoms with E-state index in [-0.39, 0.29) is 0 Å². The third-order valence-corrected chi connectivity index (χ3v) is 3.99. The van der Waals surface area contributed by atoms with Gasteiger partial charge in [0.15, 0.2) is 0 Å². The molecular formula is C17H24O. The second-order valence-corrected chi connectivity index (χ2v) is 5.71. The molecule has 0 heterocycles. The molecule has 0 saturated heterocycles. The van der Waals surface area contributed by atoms with Gasteiger partial charge in [-0.2, -0.15) is 0 Å². The SMILES string of the molecule is C=C(C)[C@H]1CC[C@@H](C)C[C@H]1OCc1ccccc1. The van der Waals surface area contributed by atoms with Crippen LogP contribution in [0.15, 0.2) is 42.5 Å². The molecule has 2 rings (SSSR count). The fourth-order valence-corrected chi connectivity index (χ4v) is 2.85. The molecule has 1 fully saturated rings. The Bertz CT molecular complexity index is 382. The summed E-state index contributed by atoms with van der Waals surface area (Å²) in [6.45, 7) is 9.32. The Balaban J connectivity index is 1.94. The van der Waals surface area contributed by atoms with Crippen LogP contribution in [0.4, 0.5) is 0 Å². The molecule has 3 atom stereocenters. The third-order valence-electron chi connectivity index (χ3n) is 3.99. The molecule has 1 aromatic carbocycles. The molecule has 0 unspecified atom stereocenters. The van der Waals surface area contributed by atoms with E-state index in [4.69, 9.17) is 4.74 Å². The lowest BCUT2D eigenvalue weighted by molar-refractivity contribution is -0.0224. The van der Waals surface area contributed by atoms with E-state index in [1.54, 1.807) is 0 Å². The van der Waals surface area contributed by atoms with E-state index < -0.39 is 0 Å². The lowest BCUT2D eigenvalue weighted by Gasteiger charge is -2.35. The maximum atomic E-state index is 6.15. The van der Waals surface area contributed by atoms with E-state index in [1.807, 2.05) is 6.07 Å². The van der Waals surface area contributed by atoms with E-state index in [0.29, 0.717) is 12.0 Å². The van der Waals surface area contributed by atoms with Gasteiger partial charge in [-0.15, -0.1) is 0 Å². The van der Waals surface area contributed by atoms with Crippen LogP contribution in [0.2, 0.25) is 0 Å². The lowest BCUT2D eigenvalue weighted by Crippen LogP contribution is -2.31. The van der Waals surface area contributed by atoms with Crippen LogP contribution in [0.25, 0.3) is 0 Å². The van der Waals surface area contributed by atoms with Gasteiger partial charge >= 0.3 is 0 Å². The van der Waals surface area contributed by atoms with Crippen LogP contribution in [0, 0.1) is 11.8 Å². The molecule has 1 aliphatic rings. The Morgan fingerprint density at radius 1 is 1.28 bits per heavy atom. The van der Waals surface area contributed by atoms with Crippen LogP contribution in [0.5, 0.6) is 0 Å². The molecule has 1 heteroatoms. The molecule has 0 aliphatic heterocycles. The van der Waals surface area contributed by atoms with Crippen LogP contribution in [-0.2, 0) is 11.3 Å². The van der Waals surface area contributed by atoms with Crippen molar-refractivity contribution < 1.29 is 4.74 Å². The highest BCUT2D eigenvalue weighted by molar-refractivity contribution is 5.13. The molecule has 0 radical (unpaired) electrons. The third kappa shape index (κ3) is 3.46. The predicted octanol–water partition coefficient (Wildman–Crippen LogP) is 4.58. The van der Waals surface area contributed by atoms with Crippen molar-refractivity contribution in [3.8, 4) is 0 Å². The van der Waals surface area contributed by atoms with Crippen LogP contribution in [-0.4, -0.2) is 6.10 Å². The van der Waals surface area contributed by atoms with Crippen molar-refractivity contribution in [2.45, 2.75) is 45.8 Å². The van der Waals surface area contributed by atoms with Crippen LogP contribution < -0.4 is 0 Å². The van der Waals surface area contributed by atoms with Gasteiger partial charge in [-0.3, -0.25) is 0 Å². The van der Waals surface area contributed by atoms with Crippen molar-refractivity contribution >= 4 is 0 Å². The van der Waals surface area contributed by atoms with Crippen LogP contribution in [0.3, 0.4) is 0 Å². The zero-order valence-electron chi connectivity index (χ0n) is 11.6. The van der Waals surface area contributed by atoms with Gasteiger partial charge in [0.2, 0.25) is 0 Å². The Labute approximate surface area is 111 Å². The average Bonchev–Trinajstić information content (AvgIpc) is 2.37. The fourth-order valence-electron chi connectivity index (χ4n) is 2.85. The van der Waals surface area contributed by atoms with Crippen molar-refractivity contribution in [1.29, 1.82) is 0 Å². The Hall–Kier alpha value is -1.08. The molecular weight excluding hydrogens is 220 g/mol. The van der Waals surface area contributed by atoms with Crippen molar-refractivity contribution in [1.82, 2.24) is 0 Å². The topological polar surface area (TPSA) is 9.23 Å². The van der Waals surface area contributed by atoms with E-state index >= 15 is 0 Å². The fraction of sp³-hybridized carbons (Fsp3) is 0.529. The minimum atomic E-state index is 0.353. The first-order valence-corrected chi connectivity index (χ1v) is 6.97. The summed E-state index contributed by atoms with van der Waals surface area (Å²) >= 11 is 0. The minimum absolute atomic E-state index is 0.353. The molecule has 0 N–H and O–H groups in total. The summed E-state index contributed by atoms with van der Waals surface area (Å²) in [5.41, 5.74) is 2.54. The highest BCUT2D eigenvalue weighted by Gasteiger charge is 2.29. The summed E-state index contributed by atoms with van der Waals surface area (Å²) in [5.74, 6) is 1.33. The van der Waals surface area contributed by atoms with Gasteiger partial charge in [0.25, 0.3) is 0 Å². The summed E-state index contributed by atoms with van der Waals surface area (Å²) in [5, 5.41) is 0. The quantitative estimate of drug-likeness (QED) is 0.704. The molecule has 98 valence electrons. The first kappa shape index (κ1) is 13.4. The van der Waals surface area contributed by atoms with Gasteiger partial charge in [0.05, 0.1) is 12.7 Å². The molecule has 1 aromatic rings. The number of ether oxygens (including phenoxy) is 1. The summed E-state index contributed by atoms with van der Waals surface area (Å²) < 4.78 is 6.15. The second-order valence-electron chi connectivity index (χ2n) is 5.71. The van der Waals surface area contributed by atoms with Crippen molar-refractivity contribution in [2.24, 2.45) is 11.8 Å². The summed E-state index contributed by atoms with van der Waals surface area (Å²) in [4.78, 5) is 0. The highest BCUT2D eigenvalue weighted by Crippen LogP contribution is 2.34. The van der Waals surface area contributed by atoms with E-state index in [9.17, 15) is 0 Å². The Morgan fingerprint density at radius 3 is 2.67 bits per heavy atom. The molecule has 0 amide bonds. The maximum Gasteiger partial charge on any atom is 0.0720 e. The van der Waals surface area contributed by atoms with Gasteiger partial charge in [-0.25, -0.2) is 0 Å². The molecule has 0 aromatic heterocycles. The maximum absolute atomic E-state index is 6.15. The Kier molecular flexibility index (Phi) is 4.60. The van der Waals surface area contributed by atoms with Gasteiger partial charge in [0.1, 0.15) is 0 Å². The monoisotopic (exact) mass is 244 g/mol. The number of hydrogen-bond donors (Lipinski definition) is 0. The summed E-state index contributed by atoms with van der Waals surface area (Å²) in [6.07, 6.45) is 4.06. The number of benzene rings is 1. The largest absolute Gasteiger partial charge is 0.373 e.